The topological polar surface area (TPSA) is 54.0 Å². The summed E-state index contributed by atoms with van der Waals surface area (Å²) in [6.07, 6.45) is 5.63. The van der Waals surface area contributed by atoms with Crippen LogP contribution in [0.5, 0.6) is 0 Å². The first-order chi connectivity index (χ1) is 14.1. The molecule has 1 aromatic heterocycles. The average molecular weight is 386 g/mol. The molecule has 1 heterocycles. The summed E-state index contributed by atoms with van der Waals surface area (Å²) in [5, 5.41) is 6.56. The predicted molar refractivity (Wildman–Crippen MR) is 119 cm³/mol. The fourth-order valence-corrected chi connectivity index (χ4v) is 3.53. The Morgan fingerprint density at radius 1 is 0.966 bits per heavy atom. The van der Waals surface area contributed by atoms with Crippen molar-refractivity contribution in [2.45, 2.75) is 45.1 Å². The summed E-state index contributed by atoms with van der Waals surface area (Å²) < 4.78 is 0. The summed E-state index contributed by atoms with van der Waals surface area (Å²) in [7, 11) is 0. The smallest absolute Gasteiger partial charge is 0.231 e. The summed E-state index contributed by atoms with van der Waals surface area (Å²) in [6.45, 7) is 3.92. The molecule has 0 spiro atoms. The van der Waals surface area contributed by atoms with Gasteiger partial charge in [0.1, 0.15) is 0 Å². The van der Waals surface area contributed by atoms with Crippen LogP contribution in [-0.2, 0) is 4.79 Å². The zero-order valence-corrected chi connectivity index (χ0v) is 17.0. The highest BCUT2D eigenvalue weighted by molar-refractivity contribution is 5.95. The van der Waals surface area contributed by atoms with Crippen LogP contribution in [0, 0.1) is 6.92 Å². The molecule has 0 radical (unpaired) electrons. The monoisotopic (exact) mass is 385 g/mol. The molecule has 1 unspecified atom stereocenters. The third-order valence-electron chi connectivity index (χ3n) is 5.66. The largest absolute Gasteiger partial charge is 0.382 e. The zero-order valence-electron chi connectivity index (χ0n) is 17.0. The van der Waals surface area contributed by atoms with Crippen LogP contribution in [0.3, 0.4) is 0 Å². The van der Waals surface area contributed by atoms with Gasteiger partial charge >= 0.3 is 0 Å². The van der Waals surface area contributed by atoms with E-state index >= 15 is 0 Å². The number of hydrogen-bond donors (Lipinski definition) is 2. The first kappa shape index (κ1) is 19.2. The number of hydrogen-bond acceptors (Lipinski definition) is 3. The van der Waals surface area contributed by atoms with Crippen molar-refractivity contribution in [3.8, 4) is 11.1 Å². The van der Waals surface area contributed by atoms with Gasteiger partial charge < -0.3 is 10.6 Å². The Labute approximate surface area is 172 Å². The van der Waals surface area contributed by atoms with Crippen molar-refractivity contribution in [1.29, 1.82) is 0 Å². The van der Waals surface area contributed by atoms with E-state index < -0.39 is 0 Å². The number of rotatable bonds is 6. The Morgan fingerprint density at radius 3 is 2.28 bits per heavy atom. The van der Waals surface area contributed by atoms with Crippen LogP contribution in [0.4, 0.5) is 11.4 Å². The predicted octanol–water partition coefficient (Wildman–Crippen LogP) is 5.76. The number of anilines is 2. The minimum absolute atomic E-state index is 0.00259. The highest BCUT2D eigenvalue weighted by atomic mass is 16.1. The van der Waals surface area contributed by atoms with Gasteiger partial charge in [-0.05, 0) is 86.2 Å². The molecule has 0 aliphatic heterocycles. The van der Waals surface area contributed by atoms with Crippen molar-refractivity contribution >= 4 is 17.3 Å². The third kappa shape index (κ3) is 4.65. The summed E-state index contributed by atoms with van der Waals surface area (Å²) >= 11 is 0. The lowest BCUT2D eigenvalue weighted by atomic mass is 9.92. The number of carbonyl (C=O) groups is 1. The van der Waals surface area contributed by atoms with Crippen molar-refractivity contribution in [3.63, 3.8) is 0 Å². The maximum absolute atomic E-state index is 12.7. The molecule has 1 amide bonds. The minimum Gasteiger partial charge on any atom is -0.382 e. The Kier molecular flexibility index (Phi) is 5.61. The van der Waals surface area contributed by atoms with Gasteiger partial charge in [0.2, 0.25) is 5.91 Å². The number of benzene rings is 2. The molecular weight excluding hydrogens is 358 g/mol. The summed E-state index contributed by atoms with van der Waals surface area (Å²) in [4.78, 5) is 16.9. The van der Waals surface area contributed by atoms with Gasteiger partial charge in [-0.2, -0.15) is 0 Å². The Morgan fingerprint density at radius 2 is 1.66 bits per heavy atom. The molecule has 4 heteroatoms. The third-order valence-corrected chi connectivity index (χ3v) is 5.66. The normalized spacial score (nSPS) is 14.7. The summed E-state index contributed by atoms with van der Waals surface area (Å²) in [5.41, 5.74) is 6.18. The van der Waals surface area contributed by atoms with E-state index in [1.54, 1.807) is 0 Å². The zero-order chi connectivity index (χ0) is 20.2. The summed E-state index contributed by atoms with van der Waals surface area (Å²) in [6, 6.07) is 20.8. The van der Waals surface area contributed by atoms with Crippen molar-refractivity contribution in [3.05, 3.63) is 78.1 Å². The van der Waals surface area contributed by atoms with Crippen LogP contribution in [0.25, 0.3) is 11.1 Å². The second-order valence-electron chi connectivity index (χ2n) is 7.87. The van der Waals surface area contributed by atoms with E-state index in [4.69, 9.17) is 0 Å². The molecule has 3 aromatic rings. The molecule has 0 saturated heterocycles. The molecule has 4 rings (SSSR count). The minimum atomic E-state index is -0.213. The Bertz CT molecular complexity index is 976. The van der Waals surface area contributed by atoms with Gasteiger partial charge in [-0.25, -0.2) is 0 Å². The molecule has 29 heavy (non-hydrogen) atoms. The van der Waals surface area contributed by atoms with Gasteiger partial charge in [0.25, 0.3) is 0 Å². The van der Waals surface area contributed by atoms with Crippen LogP contribution in [-0.4, -0.2) is 16.9 Å². The number of aryl methyl sites for hydroxylation is 1. The molecule has 4 nitrogen and oxygen atoms in total. The maximum atomic E-state index is 12.7. The molecule has 2 aromatic carbocycles. The van der Waals surface area contributed by atoms with E-state index in [2.05, 4.69) is 33.8 Å². The molecule has 1 aliphatic carbocycles. The number of amides is 1. The van der Waals surface area contributed by atoms with E-state index in [0.29, 0.717) is 6.04 Å². The highest BCUT2D eigenvalue weighted by Crippen LogP contribution is 2.26. The molecule has 1 saturated carbocycles. The Hall–Kier alpha value is -3.14. The molecule has 2 N–H and O–H groups in total. The van der Waals surface area contributed by atoms with E-state index in [-0.39, 0.29) is 11.8 Å². The van der Waals surface area contributed by atoms with E-state index in [1.165, 1.54) is 19.3 Å². The number of aromatic nitrogens is 1. The van der Waals surface area contributed by atoms with Gasteiger partial charge in [0.05, 0.1) is 5.92 Å². The highest BCUT2D eigenvalue weighted by Gasteiger charge is 2.18. The van der Waals surface area contributed by atoms with Crippen molar-refractivity contribution in [2.24, 2.45) is 0 Å². The average Bonchev–Trinajstić information content (AvgIpc) is 2.71. The maximum Gasteiger partial charge on any atom is 0.231 e. The van der Waals surface area contributed by atoms with Gasteiger partial charge in [-0.1, -0.05) is 24.3 Å². The second kappa shape index (κ2) is 8.48. The SMILES string of the molecule is Cc1cc(-c2ccc(NC(=O)C(C)c3ccc(NC4CCC4)cc3)cc2)ccn1. The quantitative estimate of drug-likeness (QED) is 0.567. The second-order valence-corrected chi connectivity index (χ2v) is 7.87. The fourth-order valence-electron chi connectivity index (χ4n) is 3.53. The van der Waals surface area contributed by atoms with E-state index in [9.17, 15) is 4.79 Å². The van der Waals surface area contributed by atoms with Crippen molar-refractivity contribution in [1.82, 2.24) is 4.98 Å². The van der Waals surface area contributed by atoms with Gasteiger partial charge in [0.15, 0.2) is 0 Å². The van der Waals surface area contributed by atoms with Crippen LogP contribution in [0.1, 0.15) is 43.4 Å². The first-order valence-electron chi connectivity index (χ1n) is 10.3. The summed E-state index contributed by atoms with van der Waals surface area (Å²) in [5.74, 6) is -0.215. The number of pyridine rings is 1. The van der Waals surface area contributed by atoms with E-state index in [0.717, 1.165) is 33.8 Å². The molecule has 1 aliphatic rings. The van der Waals surface area contributed by atoms with Crippen LogP contribution in [0.2, 0.25) is 0 Å². The van der Waals surface area contributed by atoms with Crippen LogP contribution in [0.15, 0.2) is 66.9 Å². The lowest BCUT2D eigenvalue weighted by molar-refractivity contribution is -0.117. The first-order valence-corrected chi connectivity index (χ1v) is 10.3. The van der Waals surface area contributed by atoms with Crippen LogP contribution >= 0.6 is 0 Å². The number of carbonyl (C=O) groups excluding carboxylic acids is 1. The molecule has 0 bridgehead atoms. The number of nitrogens with zero attached hydrogens (tertiary/aromatic N) is 1. The molecule has 1 fully saturated rings. The lowest BCUT2D eigenvalue weighted by Gasteiger charge is -2.27. The van der Waals surface area contributed by atoms with Crippen molar-refractivity contribution < 1.29 is 4.79 Å². The van der Waals surface area contributed by atoms with E-state index in [1.807, 2.05) is 62.5 Å². The standard InChI is InChI=1S/C25H27N3O/c1-17-16-21(14-15-26-17)20-8-12-24(13-9-20)28-25(29)18(2)19-6-10-23(11-7-19)27-22-4-3-5-22/h6-16,18,22,27H,3-5H2,1-2H3,(H,28,29). The molecular formula is C25H27N3O. The van der Waals surface area contributed by atoms with Crippen molar-refractivity contribution in [2.75, 3.05) is 10.6 Å². The fraction of sp³-hybridized carbons (Fsp3) is 0.280. The lowest BCUT2D eigenvalue weighted by Crippen LogP contribution is -2.26. The number of nitrogens with one attached hydrogen (secondary N) is 2. The van der Waals surface area contributed by atoms with Gasteiger partial charge in [-0.3, -0.25) is 9.78 Å². The van der Waals surface area contributed by atoms with Gasteiger partial charge in [-0.15, -0.1) is 0 Å². The molecule has 1 atom stereocenters. The molecule has 148 valence electrons. The van der Waals surface area contributed by atoms with Crippen LogP contribution < -0.4 is 10.6 Å². The Balaban J connectivity index is 1.38. The van der Waals surface area contributed by atoms with Gasteiger partial charge in [0, 0.05) is 29.3 Å².